The third kappa shape index (κ3) is 2.53. The number of hydrogen-bond acceptors (Lipinski definition) is 3. The summed E-state index contributed by atoms with van der Waals surface area (Å²) < 4.78 is 2.05. The Kier molecular flexibility index (Phi) is 3.23. The van der Waals surface area contributed by atoms with Crippen LogP contribution in [0, 0.1) is 0 Å². The lowest BCUT2D eigenvalue weighted by Crippen LogP contribution is -2.13. The minimum Gasteiger partial charge on any atom is -0.508 e. The zero-order valence-electron chi connectivity index (χ0n) is 11.3. The fourth-order valence-corrected chi connectivity index (χ4v) is 2.39. The lowest BCUT2D eigenvalue weighted by atomic mass is 10.1. The Bertz CT molecular complexity index is 821. The first kappa shape index (κ1) is 13.1. The van der Waals surface area contributed by atoms with Crippen molar-refractivity contribution in [2.45, 2.75) is 6.54 Å². The van der Waals surface area contributed by atoms with Gasteiger partial charge in [-0.2, -0.15) is 0 Å². The maximum absolute atomic E-state index is 9.53. The Morgan fingerprint density at radius 2 is 2.00 bits per heavy atom. The van der Waals surface area contributed by atoms with Gasteiger partial charge in [0.25, 0.3) is 0 Å². The van der Waals surface area contributed by atoms with E-state index in [0.717, 1.165) is 16.5 Å². The molecule has 0 aliphatic carbocycles. The molecule has 3 aromatic rings. The van der Waals surface area contributed by atoms with Crippen molar-refractivity contribution in [3.05, 3.63) is 65.9 Å². The van der Waals surface area contributed by atoms with E-state index in [4.69, 9.17) is 10.9 Å². The summed E-state index contributed by atoms with van der Waals surface area (Å²) >= 11 is 0. The number of nitrogens with zero attached hydrogens (tertiary/aromatic N) is 2. The number of aromatic nitrogens is 1. The van der Waals surface area contributed by atoms with E-state index < -0.39 is 0 Å². The van der Waals surface area contributed by atoms with Crippen LogP contribution in [0.2, 0.25) is 0 Å². The molecule has 0 atom stereocenters. The van der Waals surface area contributed by atoms with Crippen molar-refractivity contribution in [3.63, 3.8) is 0 Å². The minimum atomic E-state index is 0.0852. The molecule has 3 rings (SSSR count). The molecule has 0 saturated heterocycles. The average molecular weight is 281 g/mol. The number of oxime groups is 1. The van der Waals surface area contributed by atoms with Gasteiger partial charge in [-0.1, -0.05) is 29.4 Å². The van der Waals surface area contributed by atoms with Gasteiger partial charge in [-0.25, -0.2) is 0 Å². The highest BCUT2D eigenvalue weighted by molar-refractivity contribution is 6.00. The second-order valence-corrected chi connectivity index (χ2v) is 4.87. The summed E-state index contributed by atoms with van der Waals surface area (Å²) in [5.41, 5.74) is 8.29. The molecule has 1 aromatic heterocycles. The summed E-state index contributed by atoms with van der Waals surface area (Å²) in [4.78, 5) is 0. The molecule has 5 nitrogen and oxygen atoms in total. The SMILES string of the molecule is N/C(=N/O)c1ccc2ccn(Cc3cccc(O)c3)c2c1. The van der Waals surface area contributed by atoms with E-state index in [1.807, 2.05) is 42.6 Å². The summed E-state index contributed by atoms with van der Waals surface area (Å²) in [6.07, 6.45) is 1.98. The lowest BCUT2D eigenvalue weighted by Gasteiger charge is -2.07. The zero-order chi connectivity index (χ0) is 14.8. The number of benzene rings is 2. The molecule has 5 heteroatoms. The maximum Gasteiger partial charge on any atom is 0.170 e. The standard InChI is InChI=1S/C16H15N3O2/c17-16(18-21)13-5-4-12-6-7-19(15(12)9-13)10-11-2-1-3-14(20)8-11/h1-9,20-21H,10H2,(H2,17,18). The Hall–Kier alpha value is -2.95. The molecule has 106 valence electrons. The number of phenols is 1. The van der Waals surface area contributed by atoms with Gasteiger partial charge in [-0.3, -0.25) is 0 Å². The summed E-state index contributed by atoms with van der Waals surface area (Å²) in [5, 5.41) is 22.4. The first-order valence-corrected chi connectivity index (χ1v) is 6.52. The smallest absolute Gasteiger partial charge is 0.170 e. The van der Waals surface area contributed by atoms with E-state index in [1.165, 1.54) is 0 Å². The fourth-order valence-electron chi connectivity index (χ4n) is 2.39. The molecule has 0 unspecified atom stereocenters. The molecular formula is C16H15N3O2. The van der Waals surface area contributed by atoms with E-state index in [-0.39, 0.29) is 11.6 Å². The normalized spacial score (nSPS) is 11.9. The van der Waals surface area contributed by atoms with Crippen LogP contribution in [-0.4, -0.2) is 20.7 Å². The van der Waals surface area contributed by atoms with Crippen molar-refractivity contribution in [2.75, 3.05) is 0 Å². The van der Waals surface area contributed by atoms with Crippen LogP contribution in [0.15, 0.2) is 59.9 Å². The van der Waals surface area contributed by atoms with E-state index in [1.54, 1.807) is 12.1 Å². The van der Waals surface area contributed by atoms with Gasteiger partial charge in [0.05, 0.1) is 0 Å². The average Bonchev–Trinajstić information content (AvgIpc) is 2.89. The molecule has 0 bridgehead atoms. The Labute approximate surface area is 121 Å². The number of fused-ring (bicyclic) bond motifs is 1. The van der Waals surface area contributed by atoms with Crippen LogP contribution in [0.1, 0.15) is 11.1 Å². The van der Waals surface area contributed by atoms with E-state index in [2.05, 4.69) is 9.72 Å². The monoisotopic (exact) mass is 281 g/mol. The number of rotatable bonds is 3. The van der Waals surface area contributed by atoms with Crippen LogP contribution in [-0.2, 0) is 6.54 Å². The van der Waals surface area contributed by atoms with Crippen molar-refractivity contribution in [3.8, 4) is 5.75 Å². The Morgan fingerprint density at radius 3 is 2.76 bits per heavy atom. The predicted molar refractivity (Wildman–Crippen MR) is 81.7 cm³/mol. The van der Waals surface area contributed by atoms with E-state index in [0.29, 0.717) is 12.1 Å². The van der Waals surface area contributed by atoms with Crippen molar-refractivity contribution in [1.82, 2.24) is 4.57 Å². The van der Waals surface area contributed by atoms with Gasteiger partial charge in [0.1, 0.15) is 5.75 Å². The van der Waals surface area contributed by atoms with E-state index >= 15 is 0 Å². The first-order chi connectivity index (χ1) is 10.2. The molecule has 0 aliphatic heterocycles. The van der Waals surface area contributed by atoms with Crippen LogP contribution < -0.4 is 5.73 Å². The third-order valence-electron chi connectivity index (χ3n) is 3.44. The Balaban J connectivity index is 2.02. The van der Waals surface area contributed by atoms with Gasteiger partial charge >= 0.3 is 0 Å². The van der Waals surface area contributed by atoms with Gasteiger partial charge in [0, 0.05) is 23.8 Å². The van der Waals surface area contributed by atoms with Gasteiger partial charge < -0.3 is 20.6 Å². The fraction of sp³-hybridized carbons (Fsp3) is 0.0625. The predicted octanol–water partition coefficient (Wildman–Crippen LogP) is 2.49. The molecule has 21 heavy (non-hydrogen) atoms. The first-order valence-electron chi connectivity index (χ1n) is 6.52. The zero-order valence-corrected chi connectivity index (χ0v) is 11.3. The molecule has 0 fully saturated rings. The summed E-state index contributed by atoms with van der Waals surface area (Å²) in [5.74, 6) is 0.336. The van der Waals surface area contributed by atoms with Crippen LogP contribution in [0.5, 0.6) is 5.75 Å². The van der Waals surface area contributed by atoms with Crippen molar-refractivity contribution in [1.29, 1.82) is 0 Å². The number of hydrogen-bond donors (Lipinski definition) is 3. The highest BCUT2D eigenvalue weighted by Crippen LogP contribution is 2.20. The number of nitrogens with two attached hydrogens (primary N) is 1. The van der Waals surface area contributed by atoms with Gasteiger partial charge in [0.15, 0.2) is 5.84 Å². The van der Waals surface area contributed by atoms with Gasteiger partial charge in [-0.05, 0) is 35.2 Å². The van der Waals surface area contributed by atoms with Gasteiger partial charge in [0.2, 0.25) is 0 Å². The largest absolute Gasteiger partial charge is 0.508 e. The van der Waals surface area contributed by atoms with Crippen LogP contribution in [0.4, 0.5) is 0 Å². The molecule has 2 aromatic carbocycles. The molecule has 0 amide bonds. The quantitative estimate of drug-likeness (QED) is 0.298. The van der Waals surface area contributed by atoms with Crippen LogP contribution in [0.25, 0.3) is 10.9 Å². The third-order valence-corrected chi connectivity index (χ3v) is 3.44. The summed E-state index contributed by atoms with van der Waals surface area (Å²) in [6, 6.07) is 14.8. The van der Waals surface area contributed by atoms with Crippen LogP contribution >= 0.6 is 0 Å². The minimum absolute atomic E-state index is 0.0852. The number of amidine groups is 1. The second kappa shape index (κ2) is 5.20. The molecule has 0 saturated carbocycles. The molecule has 0 spiro atoms. The summed E-state index contributed by atoms with van der Waals surface area (Å²) in [6.45, 7) is 0.636. The van der Waals surface area contributed by atoms with Gasteiger partial charge in [-0.15, -0.1) is 0 Å². The summed E-state index contributed by atoms with van der Waals surface area (Å²) in [7, 11) is 0. The van der Waals surface area contributed by atoms with Crippen molar-refractivity contribution >= 4 is 16.7 Å². The van der Waals surface area contributed by atoms with Crippen molar-refractivity contribution < 1.29 is 10.3 Å². The van der Waals surface area contributed by atoms with E-state index in [9.17, 15) is 5.11 Å². The Morgan fingerprint density at radius 1 is 1.14 bits per heavy atom. The second-order valence-electron chi connectivity index (χ2n) is 4.87. The number of phenolic OH excluding ortho intramolecular Hbond substituents is 1. The highest BCUT2D eigenvalue weighted by Gasteiger charge is 2.06. The lowest BCUT2D eigenvalue weighted by molar-refractivity contribution is 0.318. The molecule has 0 radical (unpaired) electrons. The number of aromatic hydroxyl groups is 1. The molecular weight excluding hydrogens is 266 g/mol. The molecule has 1 heterocycles. The topological polar surface area (TPSA) is 83.8 Å². The van der Waals surface area contributed by atoms with Crippen LogP contribution in [0.3, 0.4) is 0 Å². The van der Waals surface area contributed by atoms with Crippen molar-refractivity contribution in [2.24, 2.45) is 10.9 Å². The molecule has 0 aliphatic rings. The highest BCUT2D eigenvalue weighted by atomic mass is 16.4. The molecule has 4 N–H and O–H groups in total. The maximum atomic E-state index is 9.53.